The van der Waals surface area contributed by atoms with Gasteiger partial charge in [0.2, 0.25) is 0 Å². The molecule has 0 bridgehead atoms. The molecule has 2 unspecified atom stereocenters. The Bertz CT molecular complexity index is 952. The van der Waals surface area contributed by atoms with Crippen molar-refractivity contribution >= 4 is 32.7 Å². The molecule has 29 heavy (non-hydrogen) atoms. The largest absolute Gasteiger partial charge is 0.383 e. The van der Waals surface area contributed by atoms with E-state index in [4.69, 9.17) is 4.74 Å². The molecule has 0 saturated carbocycles. The molecule has 2 saturated heterocycles. The van der Waals surface area contributed by atoms with Crippen LogP contribution in [0.1, 0.15) is 23.5 Å². The number of hydrogen-bond acceptors (Lipinski definition) is 4. The molecular weight excluding hydrogens is 434 g/mol. The lowest BCUT2D eigenvalue weighted by Crippen LogP contribution is -2.54. The van der Waals surface area contributed by atoms with E-state index in [-0.39, 0.29) is 11.8 Å². The van der Waals surface area contributed by atoms with Crippen molar-refractivity contribution in [2.45, 2.75) is 30.9 Å². The predicted octanol–water partition coefficient (Wildman–Crippen LogP) is 2.12. The third-order valence-corrected chi connectivity index (χ3v) is 8.24. The number of morpholine rings is 1. The van der Waals surface area contributed by atoms with E-state index in [1.807, 2.05) is 0 Å². The van der Waals surface area contributed by atoms with Gasteiger partial charge in [0.15, 0.2) is 0 Å². The number of halogens is 1. The highest BCUT2D eigenvalue weighted by atomic mass is 79.9. The number of aliphatic hydroxyl groups is 1. The zero-order valence-electron chi connectivity index (χ0n) is 17.0. The molecule has 2 fully saturated rings. The maximum Gasteiger partial charge on any atom is 0.251 e. The number of nitrogens with zero attached hydrogens (tertiary/aromatic N) is 3. The maximum absolute atomic E-state index is 12.9. The van der Waals surface area contributed by atoms with Gasteiger partial charge >= 0.3 is 0 Å². The standard InChI is InChI=1S/C22H28BrN3O3/c1-24-12-13(20(27)22(28)26-6-8-29-9-7-26)10-15-14-4-3-5-17-19(14)16(11-18(15)24)21(23)25(17)2/h3-5,13,15,18,20,27H,6-12H2,1-2H3/t13?,15-,18-,20?/m1/s1. The van der Waals surface area contributed by atoms with E-state index in [9.17, 15) is 9.90 Å². The minimum atomic E-state index is -0.945. The van der Waals surface area contributed by atoms with E-state index < -0.39 is 6.10 Å². The van der Waals surface area contributed by atoms with E-state index in [1.54, 1.807) is 4.90 Å². The van der Waals surface area contributed by atoms with Gasteiger partial charge in [0.05, 0.1) is 17.8 Å². The van der Waals surface area contributed by atoms with Gasteiger partial charge in [-0.05, 0) is 53.0 Å². The number of amides is 1. The third kappa shape index (κ3) is 3.05. The number of aliphatic hydroxyl groups excluding tert-OH is 1. The second-order valence-electron chi connectivity index (χ2n) is 8.77. The van der Waals surface area contributed by atoms with Gasteiger partial charge in [0.25, 0.3) is 5.91 Å². The van der Waals surface area contributed by atoms with Crippen molar-refractivity contribution in [2.24, 2.45) is 13.0 Å². The Morgan fingerprint density at radius 3 is 2.79 bits per heavy atom. The highest BCUT2D eigenvalue weighted by Crippen LogP contribution is 2.47. The lowest BCUT2D eigenvalue weighted by atomic mass is 9.71. The zero-order chi connectivity index (χ0) is 20.3. The van der Waals surface area contributed by atoms with Crippen LogP contribution in [0.4, 0.5) is 0 Å². The van der Waals surface area contributed by atoms with Crippen molar-refractivity contribution in [2.75, 3.05) is 39.9 Å². The van der Waals surface area contributed by atoms with Crippen LogP contribution in [0.25, 0.3) is 10.9 Å². The molecular formula is C22H28BrN3O3. The molecule has 2 aromatic rings. The van der Waals surface area contributed by atoms with Crippen molar-refractivity contribution in [3.05, 3.63) is 33.9 Å². The third-order valence-electron chi connectivity index (χ3n) is 7.23. The molecule has 1 aromatic carbocycles. The van der Waals surface area contributed by atoms with Crippen molar-refractivity contribution in [3.8, 4) is 0 Å². The summed E-state index contributed by atoms with van der Waals surface area (Å²) in [6.45, 7) is 3.01. The van der Waals surface area contributed by atoms with Gasteiger partial charge in [-0.2, -0.15) is 0 Å². The molecule has 5 rings (SSSR count). The van der Waals surface area contributed by atoms with Crippen molar-refractivity contribution in [1.29, 1.82) is 0 Å². The first kappa shape index (κ1) is 19.5. The van der Waals surface area contributed by atoms with Crippen LogP contribution in [0.2, 0.25) is 0 Å². The first-order valence-electron chi connectivity index (χ1n) is 10.5. The van der Waals surface area contributed by atoms with Crippen molar-refractivity contribution in [3.63, 3.8) is 0 Å². The Balaban J connectivity index is 1.46. The Hall–Kier alpha value is -1.41. The molecule has 1 aliphatic carbocycles. The summed E-state index contributed by atoms with van der Waals surface area (Å²) < 4.78 is 8.74. The lowest BCUT2D eigenvalue weighted by Gasteiger charge is -2.46. The minimum absolute atomic E-state index is 0.0550. The number of likely N-dealkylation sites (tertiary alicyclic amines) is 1. The van der Waals surface area contributed by atoms with Gasteiger partial charge in [-0.3, -0.25) is 4.79 Å². The number of fused-ring (bicyclic) bond motifs is 2. The number of likely N-dealkylation sites (N-methyl/N-ethyl adjacent to an activating group) is 1. The number of carbonyl (C=O) groups is 1. The Labute approximate surface area is 179 Å². The highest BCUT2D eigenvalue weighted by molar-refractivity contribution is 9.10. The molecule has 3 heterocycles. The number of piperidine rings is 1. The fourth-order valence-electron chi connectivity index (χ4n) is 5.69. The number of aryl methyl sites for hydroxylation is 1. The van der Waals surface area contributed by atoms with E-state index >= 15 is 0 Å². The van der Waals surface area contributed by atoms with Gasteiger partial charge in [-0.25, -0.2) is 0 Å². The van der Waals surface area contributed by atoms with Gasteiger partial charge in [0, 0.05) is 55.5 Å². The number of aromatic nitrogens is 1. The molecule has 1 amide bonds. The summed E-state index contributed by atoms with van der Waals surface area (Å²) in [5, 5.41) is 12.3. The fourth-order valence-corrected chi connectivity index (χ4v) is 6.24. The van der Waals surface area contributed by atoms with Crippen LogP contribution < -0.4 is 0 Å². The molecule has 0 radical (unpaired) electrons. The predicted molar refractivity (Wildman–Crippen MR) is 115 cm³/mol. The number of benzene rings is 1. The minimum Gasteiger partial charge on any atom is -0.383 e. The first-order valence-corrected chi connectivity index (χ1v) is 11.3. The van der Waals surface area contributed by atoms with Gasteiger partial charge in [0.1, 0.15) is 6.10 Å². The molecule has 0 spiro atoms. The lowest BCUT2D eigenvalue weighted by molar-refractivity contribution is -0.148. The van der Waals surface area contributed by atoms with Crippen LogP contribution >= 0.6 is 15.9 Å². The molecule has 7 heteroatoms. The molecule has 4 atom stereocenters. The summed E-state index contributed by atoms with van der Waals surface area (Å²) in [5.74, 6) is 0.138. The molecule has 3 aliphatic rings. The van der Waals surface area contributed by atoms with Crippen LogP contribution in [0.5, 0.6) is 0 Å². The van der Waals surface area contributed by atoms with E-state index in [0.717, 1.165) is 24.0 Å². The molecule has 156 valence electrons. The van der Waals surface area contributed by atoms with Gasteiger partial charge in [-0.15, -0.1) is 0 Å². The monoisotopic (exact) mass is 461 g/mol. The number of rotatable bonds is 2. The van der Waals surface area contributed by atoms with E-state index in [2.05, 4.69) is 57.7 Å². The van der Waals surface area contributed by atoms with Crippen LogP contribution in [-0.2, 0) is 23.0 Å². The fraction of sp³-hybridized carbons (Fsp3) is 0.591. The van der Waals surface area contributed by atoms with Gasteiger partial charge < -0.3 is 24.2 Å². The second-order valence-corrected chi connectivity index (χ2v) is 9.52. The summed E-state index contributed by atoms with van der Waals surface area (Å²) in [7, 11) is 4.24. The summed E-state index contributed by atoms with van der Waals surface area (Å²) in [4.78, 5) is 17.0. The Morgan fingerprint density at radius 2 is 2.03 bits per heavy atom. The maximum atomic E-state index is 12.9. The zero-order valence-corrected chi connectivity index (χ0v) is 18.6. The van der Waals surface area contributed by atoms with Crippen molar-refractivity contribution in [1.82, 2.24) is 14.4 Å². The second kappa shape index (κ2) is 7.38. The molecule has 2 aliphatic heterocycles. The number of hydrogen-bond donors (Lipinski definition) is 1. The quantitative estimate of drug-likeness (QED) is 0.743. The first-order chi connectivity index (χ1) is 14.0. The molecule has 1 aromatic heterocycles. The Morgan fingerprint density at radius 1 is 1.28 bits per heavy atom. The molecule has 6 nitrogen and oxygen atoms in total. The summed E-state index contributed by atoms with van der Waals surface area (Å²) in [6, 6.07) is 6.94. The van der Waals surface area contributed by atoms with E-state index in [1.165, 1.54) is 22.0 Å². The summed E-state index contributed by atoms with van der Waals surface area (Å²) >= 11 is 3.80. The Kier molecular flexibility index (Phi) is 4.97. The van der Waals surface area contributed by atoms with Crippen LogP contribution in [0.3, 0.4) is 0 Å². The average Bonchev–Trinajstić information content (AvgIpc) is 3.00. The van der Waals surface area contributed by atoms with Crippen LogP contribution in [0, 0.1) is 5.92 Å². The summed E-state index contributed by atoms with van der Waals surface area (Å²) in [5.41, 5.74) is 3.99. The number of ether oxygens (including phenoxy) is 1. The van der Waals surface area contributed by atoms with Gasteiger partial charge in [-0.1, -0.05) is 12.1 Å². The van der Waals surface area contributed by atoms with Crippen LogP contribution in [-0.4, -0.2) is 77.4 Å². The SMILES string of the molecule is CN1CC(C(O)C(=O)N2CCOCC2)C[C@@H]2c3cccc4c3c(c(Br)n4C)C[C@H]21. The topological polar surface area (TPSA) is 57.9 Å². The highest BCUT2D eigenvalue weighted by Gasteiger charge is 2.44. The van der Waals surface area contributed by atoms with E-state index in [0.29, 0.717) is 38.3 Å². The van der Waals surface area contributed by atoms with Crippen molar-refractivity contribution < 1.29 is 14.6 Å². The normalized spacial score (nSPS) is 28.4. The average molecular weight is 462 g/mol. The number of carbonyl (C=O) groups excluding carboxylic acids is 1. The smallest absolute Gasteiger partial charge is 0.251 e. The summed E-state index contributed by atoms with van der Waals surface area (Å²) in [6.07, 6.45) is 0.896. The molecule has 1 N–H and O–H groups in total. The van der Waals surface area contributed by atoms with Crippen LogP contribution in [0.15, 0.2) is 22.8 Å².